The largest absolute Gasteiger partial charge is 0.328 e. The first-order valence-corrected chi connectivity index (χ1v) is 7.61. The van der Waals surface area contributed by atoms with Gasteiger partial charge in [0.1, 0.15) is 0 Å². The highest BCUT2D eigenvalue weighted by molar-refractivity contribution is 7.76. The number of aryl methyl sites for hydroxylation is 1. The van der Waals surface area contributed by atoms with Gasteiger partial charge in [0.2, 0.25) is 7.29 Å². The molecule has 0 fully saturated rings. The van der Waals surface area contributed by atoms with Crippen LogP contribution in [-0.4, -0.2) is 28.3 Å². The zero-order chi connectivity index (χ0) is 13.2. The maximum atomic E-state index is 13.4. The number of nitrogens with zero attached hydrogens (tertiary/aromatic N) is 3. The Bertz CT molecular complexity index is 563. The van der Waals surface area contributed by atoms with Gasteiger partial charge in [0.15, 0.2) is 5.57 Å². The van der Waals surface area contributed by atoms with Gasteiger partial charge >= 0.3 is 0 Å². The van der Waals surface area contributed by atoms with E-state index in [0.717, 1.165) is 11.8 Å². The van der Waals surface area contributed by atoms with Crippen molar-refractivity contribution in [3.8, 4) is 0 Å². The van der Waals surface area contributed by atoms with Crippen molar-refractivity contribution in [3.63, 3.8) is 0 Å². The number of imidazole rings is 1. The van der Waals surface area contributed by atoms with E-state index in [-0.39, 0.29) is 0 Å². The van der Waals surface area contributed by atoms with Crippen molar-refractivity contribution >= 4 is 18.2 Å². The summed E-state index contributed by atoms with van der Waals surface area (Å²) in [7, 11) is 0.854. The van der Waals surface area contributed by atoms with Crippen LogP contribution in [0.1, 0.15) is 6.92 Å². The monoisotopic (exact) mass is 263 g/mol. The summed E-state index contributed by atoms with van der Waals surface area (Å²) in [5.41, 5.74) is 0.640. The highest BCUT2D eigenvalue weighted by atomic mass is 31.2. The van der Waals surface area contributed by atoms with Crippen LogP contribution in [0.4, 0.5) is 0 Å². The first kappa shape index (κ1) is 13.1. The van der Waals surface area contributed by atoms with Crippen LogP contribution in [0.5, 0.6) is 0 Å². The van der Waals surface area contributed by atoms with Gasteiger partial charge in [0, 0.05) is 24.2 Å². The summed E-state index contributed by atoms with van der Waals surface area (Å²) in [6.07, 6.45) is 3.58. The normalized spacial score (nSPS) is 14.7. The van der Waals surface area contributed by atoms with Gasteiger partial charge in [-0.2, -0.15) is 0 Å². The summed E-state index contributed by atoms with van der Waals surface area (Å²) in [6, 6.07) is 9.54. The molecule has 1 aromatic heterocycles. The van der Waals surface area contributed by atoms with Gasteiger partial charge in [0.05, 0.1) is 0 Å². The molecule has 0 radical (unpaired) electrons. The molecular weight excluding hydrogens is 245 g/mol. The average molecular weight is 263 g/mol. The van der Waals surface area contributed by atoms with E-state index in [9.17, 15) is 4.57 Å². The lowest BCUT2D eigenvalue weighted by Crippen LogP contribution is -2.32. The van der Waals surface area contributed by atoms with Crippen molar-refractivity contribution in [2.75, 3.05) is 14.1 Å². The minimum absolute atomic E-state index is 0.640. The van der Waals surface area contributed by atoms with E-state index in [2.05, 4.69) is 4.98 Å². The third-order valence-electron chi connectivity index (χ3n) is 2.97. The van der Waals surface area contributed by atoms with Crippen LogP contribution in [0, 0.1) is 0 Å². The zero-order valence-electron chi connectivity index (χ0n) is 10.9. The molecule has 96 valence electrons. The predicted octanol–water partition coefficient (Wildman–Crippen LogP) is 1.69. The van der Waals surface area contributed by atoms with Gasteiger partial charge in [-0.15, -0.1) is 0 Å². The number of hydrogen-bond donors (Lipinski definition) is 0. The van der Waals surface area contributed by atoms with E-state index < -0.39 is 7.29 Å². The van der Waals surface area contributed by atoms with E-state index in [4.69, 9.17) is 0 Å². The van der Waals surface area contributed by atoms with Crippen molar-refractivity contribution in [2.24, 2.45) is 0 Å². The van der Waals surface area contributed by atoms with Crippen LogP contribution in [-0.2, 0) is 11.1 Å². The molecule has 1 unspecified atom stereocenters. The molecule has 0 aliphatic carbocycles. The lowest BCUT2D eigenvalue weighted by molar-refractivity contribution is 0.529. The number of hydrogen-bond acceptors (Lipinski definition) is 2. The summed E-state index contributed by atoms with van der Waals surface area (Å²) >= 11 is 0. The van der Waals surface area contributed by atoms with Crippen molar-refractivity contribution in [3.05, 3.63) is 42.7 Å². The molecule has 0 amide bonds. The Hall–Kier alpha value is -1.38. The van der Waals surface area contributed by atoms with Crippen molar-refractivity contribution in [1.29, 1.82) is 0 Å². The molecule has 1 heterocycles. The predicted molar refractivity (Wildman–Crippen MR) is 74.9 cm³/mol. The van der Waals surface area contributed by atoms with E-state index in [0.29, 0.717) is 5.57 Å². The van der Waals surface area contributed by atoms with Crippen molar-refractivity contribution in [1.82, 2.24) is 14.2 Å². The van der Waals surface area contributed by atoms with Gasteiger partial charge in [-0.3, -0.25) is 9.24 Å². The standard InChI is InChI=1S/C13H18N3OP/c1-4-16-11-10-14-13(16)18(17,15(2)3)12-8-6-5-7-9-12/h5-11H,4H2,1-3H3. The van der Waals surface area contributed by atoms with Crippen LogP contribution in [0.15, 0.2) is 42.7 Å². The van der Waals surface area contributed by atoms with Crippen LogP contribution in [0.2, 0.25) is 0 Å². The zero-order valence-corrected chi connectivity index (χ0v) is 11.8. The maximum Gasteiger partial charge on any atom is 0.240 e. The molecule has 0 aliphatic rings. The lowest BCUT2D eigenvalue weighted by Gasteiger charge is -2.25. The van der Waals surface area contributed by atoms with Gasteiger partial charge in [-0.1, -0.05) is 18.2 Å². The summed E-state index contributed by atoms with van der Waals surface area (Å²) in [4.78, 5) is 4.31. The Morgan fingerprint density at radius 2 is 1.94 bits per heavy atom. The Balaban J connectivity index is 2.63. The number of rotatable bonds is 4. The van der Waals surface area contributed by atoms with E-state index >= 15 is 0 Å². The molecule has 0 saturated heterocycles. The first-order valence-electron chi connectivity index (χ1n) is 5.96. The van der Waals surface area contributed by atoms with E-state index in [1.807, 2.05) is 62.1 Å². The second kappa shape index (κ2) is 5.09. The Morgan fingerprint density at radius 1 is 1.28 bits per heavy atom. The Labute approximate surface area is 108 Å². The third-order valence-corrected chi connectivity index (χ3v) is 6.01. The number of benzene rings is 1. The quantitative estimate of drug-likeness (QED) is 0.788. The molecule has 18 heavy (non-hydrogen) atoms. The van der Waals surface area contributed by atoms with Gasteiger partial charge in [-0.05, 0) is 33.2 Å². The second-order valence-electron chi connectivity index (χ2n) is 4.27. The SMILES string of the molecule is CCn1ccnc1P(=O)(c1ccccc1)N(C)C. The first-order chi connectivity index (χ1) is 8.60. The van der Waals surface area contributed by atoms with Gasteiger partial charge < -0.3 is 4.57 Å². The molecule has 0 saturated carbocycles. The summed E-state index contributed by atoms with van der Waals surface area (Å²) in [5, 5.41) is 0.816. The fourth-order valence-electron chi connectivity index (χ4n) is 1.98. The molecule has 1 atom stereocenters. The molecule has 0 spiro atoms. The van der Waals surface area contributed by atoms with E-state index in [1.54, 1.807) is 10.9 Å². The molecule has 2 aromatic rings. The molecule has 4 nitrogen and oxygen atoms in total. The molecule has 0 N–H and O–H groups in total. The van der Waals surface area contributed by atoms with Crippen LogP contribution in [0.3, 0.4) is 0 Å². The summed E-state index contributed by atoms with van der Waals surface area (Å²) in [6.45, 7) is 2.79. The molecule has 0 bridgehead atoms. The Kier molecular flexibility index (Phi) is 3.69. The molecule has 5 heteroatoms. The summed E-state index contributed by atoms with van der Waals surface area (Å²) in [5.74, 6) is 0. The Morgan fingerprint density at radius 3 is 2.50 bits per heavy atom. The minimum Gasteiger partial charge on any atom is -0.328 e. The summed E-state index contributed by atoms with van der Waals surface area (Å²) < 4.78 is 17.1. The number of aromatic nitrogens is 2. The average Bonchev–Trinajstić information content (AvgIpc) is 2.87. The minimum atomic E-state index is -2.82. The molecule has 1 aromatic carbocycles. The highest BCUT2D eigenvalue weighted by Crippen LogP contribution is 2.44. The van der Waals surface area contributed by atoms with Crippen LogP contribution < -0.4 is 10.9 Å². The van der Waals surface area contributed by atoms with Gasteiger partial charge in [0.25, 0.3) is 0 Å². The fraction of sp³-hybridized carbons (Fsp3) is 0.308. The van der Waals surface area contributed by atoms with Crippen LogP contribution >= 0.6 is 7.29 Å². The highest BCUT2D eigenvalue weighted by Gasteiger charge is 2.34. The van der Waals surface area contributed by atoms with Crippen molar-refractivity contribution < 1.29 is 4.57 Å². The third kappa shape index (κ3) is 2.02. The van der Waals surface area contributed by atoms with Crippen molar-refractivity contribution in [2.45, 2.75) is 13.5 Å². The van der Waals surface area contributed by atoms with Gasteiger partial charge in [-0.25, -0.2) is 4.98 Å². The fourth-order valence-corrected chi connectivity index (χ4v) is 4.38. The maximum absolute atomic E-state index is 13.4. The topological polar surface area (TPSA) is 38.1 Å². The lowest BCUT2D eigenvalue weighted by atomic mass is 10.4. The second-order valence-corrected chi connectivity index (χ2v) is 7.14. The smallest absolute Gasteiger partial charge is 0.240 e. The van der Waals surface area contributed by atoms with E-state index in [1.165, 1.54) is 0 Å². The molecule has 2 rings (SSSR count). The molecular formula is C13H18N3OP. The molecule has 0 aliphatic heterocycles. The van der Waals surface area contributed by atoms with Crippen LogP contribution in [0.25, 0.3) is 0 Å².